The Bertz CT molecular complexity index is 1160. The van der Waals surface area contributed by atoms with Crippen LogP contribution in [0, 0.1) is 0 Å². The van der Waals surface area contributed by atoms with Gasteiger partial charge in [-0.1, -0.05) is 75.0 Å². The van der Waals surface area contributed by atoms with E-state index in [2.05, 4.69) is 5.32 Å². The largest absolute Gasteiger partial charge is 0.352 e. The molecule has 1 aliphatic carbocycles. The van der Waals surface area contributed by atoms with E-state index in [0.29, 0.717) is 23.6 Å². The normalized spacial score (nSPS) is 15.1. The molecule has 3 rings (SSSR count). The predicted octanol–water partition coefficient (Wildman–Crippen LogP) is 4.92. The van der Waals surface area contributed by atoms with Crippen LogP contribution in [0.15, 0.2) is 48.5 Å². The molecule has 1 N–H and O–H groups in total. The number of nitrogens with one attached hydrogen (secondary N) is 1. The number of para-hydroxylation sites is 1. The van der Waals surface area contributed by atoms with Gasteiger partial charge in [-0.25, -0.2) is 8.42 Å². The number of halogens is 1. The molecular formula is C28H38ClN3O4S. The van der Waals surface area contributed by atoms with Crippen molar-refractivity contribution in [1.29, 1.82) is 0 Å². The van der Waals surface area contributed by atoms with Crippen LogP contribution in [0.5, 0.6) is 0 Å². The Balaban J connectivity index is 1.93. The zero-order valence-corrected chi connectivity index (χ0v) is 23.5. The van der Waals surface area contributed by atoms with E-state index in [0.717, 1.165) is 47.4 Å². The standard InChI is InChI=1S/C28H38ClN3O4S/c1-4-22-11-9-10-14-26(22)32(37(3,35)36)20-27(33)31(19-21-15-17-23(29)18-16-21)25(5-2)28(34)30-24-12-7-6-8-13-24/h9-11,14-18,24-25H,4-8,12-13,19-20H2,1-3H3,(H,30,34). The van der Waals surface area contributed by atoms with Crippen molar-refractivity contribution >= 4 is 39.1 Å². The number of hydrogen-bond acceptors (Lipinski definition) is 4. The second-order valence-electron chi connectivity index (χ2n) is 9.67. The lowest BCUT2D eigenvalue weighted by Gasteiger charge is -2.34. The van der Waals surface area contributed by atoms with Crippen LogP contribution >= 0.6 is 11.6 Å². The molecule has 0 radical (unpaired) electrons. The number of hydrogen-bond donors (Lipinski definition) is 1. The summed E-state index contributed by atoms with van der Waals surface area (Å²) >= 11 is 6.06. The van der Waals surface area contributed by atoms with Gasteiger partial charge in [0.1, 0.15) is 12.6 Å². The van der Waals surface area contributed by atoms with Crippen LogP contribution in [-0.2, 0) is 32.6 Å². The summed E-state index contributed by atoms with van der Waals surface area (Å²) in [4.78, 5) is 28.8. The zero-order chi connectivity index (χ0) is 27.0. The monoisotopic (exact) mass is 547 g/mol. The number of amides is 2. The first-order chi connectivity index (χ1) is 17.6. The number of rotatable bonds is 11. The van der Waals surface area contributed by atoms with Gasteiger partial charge in [0.25, 0.3) is 0 Å². The third-order valence-electron chi connectivity index (χ3n) is 6.92. The zero-order valence-electron chi connectivity index (χ0n) is 22.0. The van der Waals surface area contributed by atoms with Gasteiger partial charge >= 0.3 is 0 Å². The van der Waals surface area contributed by atoms with Crippen LogP contribution < -0.4 is 9.62 Å². The molecule has 1 aliphatic rings. The third kappa shape index (κ3) is 7.95. The summed E-state index contributed by atoms with van der Waals surface area (Å²) in [6.45, 7) is 3.58. The predicted molar refractivity (Wildman–Crippen MR) is 149 cm³/mol. The van der Waals surface area contributed by atoms with E-state index in [4.69, 9.17) is 11.6 Å². The average molecular weight is 548 g/mol. The maximum absolute atomic E-state index is 13.9. The molecule has 2 aromatic carbocycles. The number of carbonyl (C=O) groups is 2. The topological polar surface area (TPSA) is 86.8 Å². The van der Waals surface area contributed by atoms with Gasteiger partial charge in [0.2, 0.25) is 21.8 Å². The van der Waals surface area contributed by atoms with Crippen LogP contribution in [-0.4, -0.2) is 50.0 Å². The Morgan fingerprint density at radius 2 is 1.68 bits per heavy atom. The minimum absolute atomic E-state index is 0.103. The average Bonchev–Trinajstić information content (AvgIpc) is 2.88. The Kier molecular flexibility index (Phi) is 10.4. The quantitative estimate of drug-likeness (QED) is 0.432. The Morgan fingerprint density at radius 3 is 2.27 bits per heavy atom. The van der Waals surface area contributed by atoms with E-state index in [1.165, 1.54) is 11.3 Å². The molecule has 1 fully saturated rings. The molecule has 0 saturated heterocycles. The summed E-state index contributed by atoms with van der Waals surface area (Å²) in [5, 5.41) is 3.72. The summed E-state index contributed by atoms with van der Waals surface area (Å²) in [7, 11) is -3.77. The third-order valence-corrected chi connectivity index (χ3v) is 8.30. The van der Waals surface area contributed by atoms with Gasteiger partial charge < -0.3 is 10.2 Å². The number of sulfonamides is 1. The minimum Gasteiger partial charge on any atom is -0.352 e. The highest BCUT2D eigenvalue weighted by Crippen LogP contribution is 2.25. The summed E-state index contributed by atoms with van der Waals surface area (Å²) < 4.78 is 26.8. The molecule has 1 atom stereocenters. The van der Waals surface area contributed by atoms with Crippen LogP contribution in [0.3, 0.4) is 0 Å². The van der Waals surface area contributed by atoms with Crippen molar-refractivity contribution in [3.63, 3.8) is 0 Å². The molecule has 0 heterocycles. The van der Waals surface area contributed by atoms with Gasteiger partial charge in [-0.3, -0.25) is 13.9 Å². The highest BCUT2D eigenvalue weighted by atomic mass is 35.5. The molecule has 0 aromatic heterocycles. The van der Waals surface area contributed by atoms with Crippen LogP contribution in [0.25, 0.3) is 0 Å². The fraction of sp³-hybridized carbons (Fsp3) is 0.500. The molecule has 0 aliphatic heterocycles. The summed E-state index contributed by atoms with van der Waals surface area (Å²) in [5.74, 6) is -0.631. The maximum atomic E-state index is 13.9. The van der Waals surface area contributed by atoms with Gasteiger partial charge in [0.05, 0.1) is 11.9 Å². The van der Waals surface area contributed by atoms with E-state index in [9.17, 15) is 18.0 Å². The molecule has 2 aromatic rings. The summed E-state index contributed by atoms with van der Waals surface area (Å²) in [6, 6.07) is 13.7. The molecule has 9 heteroatoms. The SMILES string of the molecule is CCc1ccccc1N(CC(=O)N(Cc1ccc(Cl)cc1)C(CC)C(=O)NC1CCCCC1)S(C)(=O)=O. The van der Waals surface area contributed by atoms with E-state index < -0.39 is 28.5 Å². The fourth-order valence-corrected chi connectivity index (χ4v) is 5.90. The Morgan fingerprint density at radius 1 is 1.03 bits per heavy atom. The highest BCUT2D eigenvalue weighted by molar-refractivity contribution is 7.92. The molecule has 1 saturated carbocycles. The second kappa shape index (κ2) is 13.3. The second-order valence-corrected chi connectivity index (χ2v) is 12.0. The number of anilines is 1. The first-order valence-electron chi connectivity index (χ1n) is 13.0. The van der Waals surface area contributed by atoms with Crippen LogP contribution in [0.4, 0.5) is 5.69 Å². The first kappa shape index (κ1) is 29.0. The lowest BCUT2D eigenvalue weighted by atomic mass is 9.95. The van der Waals surface area contributed by atoms with Crippen molar-refractivity contribution in [3.8, 4) is 0 Å². The summed E-state index contributed by atoms with van der Waals surface area (Å²) in [6.07, 6.45) is 7.32. The van der Waals surface area contributed by atoms with Gasteiger partial charge in [-0.15, -0.1) is 0 Å². The molecule has 7 nitrogen and oxygen atoms in total. The molecule has 0 bridgehead atoms. The van der Waals surface area contributed by atoms with Crippen molar-refractivity contribution in [2.24, 2.45) is 0 Å². The van der Waals surface area contributed by atoms with Gasteiger partial charge in [-0.05, 0) is 55.0 Å². The Labute approximate surface area is 226 Å². The van der Waals surface area contributed by atoms with Crippen molar-refractivity contribution in [3.05, 3.63) is 64.7 Å². The molecular weight excluding hydrogens is 510 g/mol. The van der Waals surface area contributed by atoms with Crippen molar-refractivity contribution in [2.45, 2.75) is 77.4 Å². The van der Waals surface area contributed by atoms with Crippen molar-refractivity contribution in [2.75, 3.05) is 17.1 Å². The smallest absolute Gasteiger partial charge is 0.244 e. The van der Waals surface area contributed by atoms with Crippen molar-refractivity contribution in [1.82, 2.24) is 10.2 Å². The van der Waals surface area contributed by atoms with Crippen LogP contribution in [0.1, 0.15) is 63.5 Å². The summed E-state index contributed by atoms with van der Waals surface area (Å²) in [5.41, 5.74) is 2.11. The molecule has 2 amide bonds. The van der Waals surface area contributed by atoms with E-state index in [-0.39, 0.29) is 18.5 Å². The number of aryl methyl sites for hydroxylation is 1. The molecule has 37 heavy (non-hydrogen) atoms. The van der Waals surface area contributed by atoms with E-state index in [1.807, 2.05) is 38.1 Å². The van der Waals surface area contributed by atoms with Gasteiger partial charge in [-0.2, -0.15) is 0 Å². The lowest BCUT2D eigenvalue weighted by molar-refractivity contribution is -0.140. The fourth-order valence-electron chi connectivity index (χ4n) is 4.90. The number of nitrogens with zero attached hydrogens (tertiary/aromatic N) is 2. The highest BCUT2D eigenvalue weighted by Gasteiger charge is 2.33. The number of carbonyl (C=O) groups excluding carboxylic acids is 2. The molecule has 0 spiro atoms. The van der Waals surface area contributed by atoms with Gasteiger partial charge in [0.15, 0.2) is 0 Å². The lowest BCUT2D eigenvalue weighted by Crippen LogP contribution is -2.54. The first-order valence-corrected chi connectivity index (χ1v) is 15.3. The van der Waals surface area contributed by atoms with Crippen LogP contribution in [0.2, 0.25) is 5.02 Å². The molecule has 202 valence electrons. The van der Waals surface area contributed by atoms with E-state index in [1.54, 1.807) is 24.3 Å². The van der Waals surface area contributed by atoms with Crippen molar-refractivity contribution < 1.29 is 18.0 Å². The van der Waals surface area contributed by atoms with Gasteiger partial charge in [0, 0.05) is 17.6 Å². The number of benzene rings is 2. The van der Waals surface area contributed by atoms with E-state index >= 15 is 0 Å². The minimum atomic E-state index is -3.77. The maximum Gasteiger partial charge on any atom is 0.244 e. The molecule has 1 unspecified atom stereocenters. The Hall–Kier alpha value is -2.58.